The Morgan fingerprint density at radius 2 is 2.10 bits per heavy atom. The summed E-state index contributed by atoms with van der Waals surface area (Å²) in [6.07, 6.45) is 4.01. The van der Waals surface area contributed by atoms with Gasteiger partial charge in [0.25, 0.3) is 5.56 Å². The van der Waals surface area contributed by atoms with E-state index >= 15 is 0 Å². The van der Waals surface area contributed by atoms with Gasteiger partial charge in [0.15, 0.2) is 0 Å². The van der Waals surface area contributed by atoms with Crippen LogP contribution in [0, 0.1) is 6.92 Å². The van der Waals surface area contributed by atoms with Gasteiger partial charge in [-0.3, -0.25) is 4.79 Å². The van der Waals surface area contributed by atoms with Crippen LogP contribution in [0.5, 0.6) is 0 Å². The summed E-state index contributed by atoms with van der Waals surface area (Å²) in [6.45, 7) is 3.09. The number of aryl methyl sites for hydroxylation is 2. The van der Waals surface area contributed by atoms with E-state index in [9.17, 15) is 4.79 Å². The SMILES string of the molecule is Cc1ccccc1C1CCCN1c1cnn(C)c(=O)c1Br. The number of hydrogen-bond donors (Lipinski definition) is 0. The lowest BCUT2D eigenvalue weighted by atomic mass is 9.99. The number of nitrogens with zero attached hydrogens (tertiary/aromatic N) is 3. The third kappa shape index (κ3) is 2.50. The van der Waals surface area contributed by atoms with E-state index in [1.54, 1.807) is 13.2 Å². The highest BCUT2D eigenvalue weighted by Crippen LogP contribution is 2.38. The van der Waals surface area contributed by atoms with E-state index in [0.29, 0.717) is 10.5 Å². The summed E-state index contributed by atoms with van der Waals surface area (Å²) in [5.41, 5.74) is 3.43. The van der Waals surface area contributed by atoms with Crippen molar-refractivity contribution in [3.8, 4) is 0 Å². The van der Waals surface area contributed by atoms with Gasteiger partial charge in [0.1, 0.15) is 4.47 Å². The van der Waals surface area contributed by atoms with E-state index in [1.807, 2.05) is 0 Å². The van der Waals surface area contributed by atoms with E-state index in [-0.39, 0.29) is 5.56 Å². The van der Waals surface area contributed by atoms with Gasteiger partial charge in [-0.05, 0) is 46.8 Å². The summed E-state index contributed by atoms with van der Waals surface area (Å²) in [5.74, 6) is 0. The molecule has 1 atom stereocenters. The Hall–Kier alpha value is -1.62. The minimum atomic E-state index is -0.0945. The molecule has 0 radical (unpaired) electrons. The highest BCUT2D eigenvalue weighted by Gasteiger charge is 2.29. The van der Waals surface area contributed by atoms with Gasteiger partial charge in [-0.15, -0.1) is 0 Å². The molecule has 3 rings (SSSR count). The average molecular weight is 348 g/mol. The summed E-state index contributed by atoms with van der Waals surface area (Å²) < 4.78 is 1.95. The second-order valence-corrected chi connectivity index (χ2v) is 6.27. The van der Waals surface area contributed by atoms with Crippen LogP contribution in [-0.2, 0) is 7.05 Å². The van der Waals surface area contributed by atoms with Gasteiger partial charge >= 0.3 is 0 Å². The molecule has 21 heavy (non-hydrogen) atoms. The van der Waals surface area contributed by atoms with Crippen molar-refractivity contribution in [2.75, 3.05) is 11.4 Å². The van der Waals surface area contributed by atoms with Crippen molar-refractivity contribution in [1.82, 2.24) is 9.78 Å². The van der Waals surface area contributed by atoms with Gasteiger partial charge in [0.05, 0.1) is 17.9 Å². The molecule has 2 heterocycles. The first kappa shape index (κ1) is 14.3. The molecule has 1 aromatic carbocycles. The molecule has 1 aliphatic heterocycles. The van der Waals surface area contributed by atoms with Crippen LogP contribution in [0.15, 0.2) is 39.7 Å². The van der Waals surface area contributed by atoms with Crippen LogP contribution < -0.4 is 10.5 Å². The maximum atomic E-state index is 12.1. The first-order valence-corrected chi connectivity index (χ1v) is 7.93. The predicted molar refractivity (Wildman–Crippen MR) is 87.7 cm³/mol. The van der Waals surface area contributed by atoms with E-state index in [0.717, 1.165) is 25.1 Å². The van der Waals surface area contributed by atoms with Crippen LogP contribution in [0.1, 0.15) is 30.0 Å². The van der Waals surface area contributed by atoms with E-state index < -0.39 is 0 Å². The predicted octanol–water partition coefficient (Wildman–Crippen LogP) is 3.19. The van der Waals surface area contributed by atoms with Crippen molar-refractivity contribution in [3.05, 3.63) is 56.4 Å². The monoisotopic (exact) mass is 347 g/mol. The van der Waals surface area contributed by atoms with Gasteiger partial charge in [0.2, 0.25) is 0 Å². The molecule has 5 heteroatoms. The quantitative estimate of drug-likeness (QED) is 0.837. The van der Waals surface area contributed by atoms with E-state index in [1.165, 1.54) is 15.8 Å². The highest BCUT2D eigenvalue weighted by molar-refractivity contribution is 9.10. The topological polar surface area (TPSA) is 38.1 Å². The first-order valence-electron chi connectivity index (χ1n) is 7.13. The lowest BCUT2D eigenvalue weighted by Crippen LogP contribution is -2.28. The maximum Gasteiger partial charge on any atom is 0.282 e. The Morgan fingerprint density at radius 3 is 2.86 bits per heavy atom. The molecule has 0 amide bonds. The molecule has 1 unspecified atom stereocenters. The van der Waals surface area contributed by atoms with Crippen molar-refractivity contribution in [2.45, 2.75) is 25.8 Å². The zero-order chi connectivity index (χ0) is 15.0. The zero-order valence-corrected chi connectivity index (χ0v) is 13.8. The van der Waals surface area contributed by atoms with Crippen molar-refractivity contribution in [1.29, 1.82) is 0 Å². The normalized spacial score (nSPS) is 18.2. The Balaban J connectivity index is 2.05. The minimum Gasteiger partial charge on any atom is -0.362 e. The molecule has 0 aliphatic carbocycles. The second-order valence-electron chi connectivity index (χ2n) is 5.48. The molecular formula is C16H18BrN3O. The number of rotatable bonds is 2. The summed E-state index contributed by atoms with van der Waals surface area (Å²) in [6, 6.07) is 8.78. The first-order chi connectivity index (χ1) is 10.1. The fourth-order valence-corrected chi connectivity index (χ4v) is 3.63. The van der Waals surface area contributed by atoms with Gasteiger partial charge in [-0.25, -0.2) is 4.68 Å². The van der Waals surface area contributed by atoms with Crippen molar-refractivity contribution < 1.29 is 0 Å². The van der Waals surface area contributed by atoms with Crippen LogP contribution in [0.25, 0.3) is 0 Å². The second kappa shape index (κ2) is 5.64. The molecular weight excluding hydrogens is 330 g/mol. The molecule has 1 fully saturated rings. The Kier molecular flexibility index (Phi) is 3.85. The van der Waals surface area contributed by atoms with Gasteiger partial charge in [-0.2, -0.15) is 5.10 Å². The molecule has 0 bridgehead atoms. The number of halogens is 1. The number of benzene rings is 1. The number of aromatic nitrogens is 2. The Morgan fingerprint density at radius 1 is 1.33 bits per heavy atom. The Bertz CT molecular complexity index is 726. The molecule has 0 N–H and O–H groups in total. The van der Waals surface area contributed by atoms with Gasteiger partial charge in [-0.1, -0.05) is 24.3 Å². The minimum absolute atomic E-state index is 0.0945. The molecule has 0 spiro atoms. The smallest absolute Gasteiger partial charge is 0.282 e. The van der Waals surface area contributed by atoms with Crippen LogP contribution in [0.3, 0.4) is 0 Å². The summed E-state index contributed by atoms with van der Waals surface area (Å²) >= 11 is 3.44. The fraction of sp³-hybridized carbons (Fsp3) is 0.375. The molecule has 1 aliphatic rings. The van der Waals surface area contributed by atoms with Crippen molar-refractivity contribution >= 4 is 21.6 Å². The number of hydrogen-bond acceptors (Lipinski definition) is 3. The van der Waals surface area contributed by atoms with Crippen LogP contribution in [-0.4, -0.2) is 16.3 Å². The molecule has 2 aromatic rings. The summed E-state index contributed by atoms with van der Waals surface area (Å²) in [7, 11) is 1.67. The highest BCUT2D eigenvalue weighted by atomic mass is 79.9. The fourth-order valence-electron chi connectivity index (χ4n) is 3.04. The lowest BCUT2D eigenvalue weighted by Gasteiger charge is -2.28. The van der Waals surface area contributed by atoms with E-state index in [4.69, 9.17) is 0 Å². The van der Waals surface area contributed by atoms with Crippen LogP contribution in [0.2, 0.25) is 0 Å². The lowest BCUT2D eigenvalue weighted by molar-refractivity contribution is 0.678. The maximum absolute atomic E-state index is 12.1. The average Bonchev–Trinajstić information content (AvgIpc) is 2.94. The summed E-state index contributed by atoms with van der Waals surface area (Å²) in [5, 5.41) is 4.17. The third-order valence-electron chi connectivity index (χ3n) is 4.17. The standard InChI is InChI=1S/C16H18BrN3O/c1-11-6-3-4-7-12(11)13-8-5-9-20(13)14-10-18-19(2)16(21)15(14)17/h3-4,6-7,10,13H,5,8-9H2,1-2H3. The molecule has 1 aromatic heterocycles. The van der Waals surface area contributed by atoms with Crippen LogP contribution in [0.4, 0.5) is 5.69 Å². The zero-order valence-electron chi connectivity index (χ0n) is 12.2. The van der Waals surface area contributed by atoms with Crippen molar-refractivity contribution in [2.24, 2.45) is 7.05 Å². The third-order valence-corrected chi connectivity index (χ3v) is 4.91. The largest absolute Gasteiger partial charge is 0.362 e. The molecule has 110 valence electrons. The Labute approximate surface area is 132 Å². The van der Waals surface area contributed by atoms with Crippen LogP contribution >= 0.6 is 15.9 Å². The van der Waals surface area contributed by atoms with Gasteiger partial charge < -0.3 is 4.90 Å². The molecule has 0 saturated carbocycles. The summed E-state index contributed by atoms with van der Waals surface area (Å²) in [4.78, 5) is 14.4. The molecule has 4 nitrogen and oxygen atoms in total. The molecule has 1 saturated heterocycles. The number of anilines is 1. The van der Waals surface area contributed by atoms with E-state index in [2.05, 4.69) is 57.1 Å². The van der Waals surface area contributed by atoms with Crippen molar-refractivity contribution in [3.63, 3.8) is 0 Å². The van der Waals surface area contributed by atoms with Gasteiger partial charge in [0, 0.05) is 13.6 Å².